The fourth-order valence-corrected chi connectivity index (χ4v) is 4.03. The first-order valence-electron chi connectivity index (χ1n) is 10.2. The molecule has 0 bridgehead atoms. The van der Waals surface area contributed by atoms with Gasteiger partial charge < -0.3 is 19.0 Å². The summed E-state index contributed by atoms with van der Waals surface area (Å²) in [7, 11) is -1.07. The summed E-state index contributed by atoms with van der Waals surface area (Å²) in [6.07, 6.45) is 0. The molecule has 6 heteroatoms. The first-order valence-corrected chi connectivity index (χ1v) is 10.2. The molecule has 0 aliphatic carbocycles. The maximum atomic E-state index is 15.7. The van der Waals surface area contributed by atoms with Crippen molar-refractivity contribution in [3.8, 4) is 11.4 Å². The highest BCUT2D eigenvalue weighted by molar-refractivity contribution is 6.55. The molecule has 0 saturated carbocycles. The molecule has 0 spiro atoms. The zero-order valence-electron chi connectivity index (χ0n) is 18.3. The van der Waals surface area contributed by atoms with Crippen LogP contribution < -0.4 is 0 Å². The van der Waals surface area contributed by atoms with E-state index in [1.54, 1.807) is 19.1 Å². The van der Waals surface area contributed by atoms with E-state index in [0.29, 0.717) is 5.57 Å². The monoisotopic (exact) mass is 407 g/mol. The number of allylic oxidation sites excluding steroid dienone is 1. The Bertz CT molecular complexity index is 1130. The summed E-state index contributed by atoms with van der Waals surface area (Å²) in [5, 5.41) is 10.9. The van der Waals surface area contributed by atoms with E-state index < -0.39 is 24.0 Å². The highest BCUT2D eigenvalue weighted by Crippen LogP contribution is 2.42. The molecule has 0 amide bonds. The van der Waals surface area contributed by atoms with Gasteiger partial charge >= 0.3 is 7.12 Å². The van der Waals surface area contributed by atoms with E-state index in [1.165, 1.54) is 0 Å². The number of phenolic OH excluding ortho intramolecular Hbond substituents is 1. The van der Waals surface area contributed by atoms with E-state index in [2.05, 4.69) is 4.57 Å². The Hall–Kier alpha value is -2.57. The third kappa shape index (κ3) is 3.15. The molecule has 1 saturated heterocycles. The van der Waals surface area contributed by atoms with Crippen molar-refractivity contribution in [1.82, 2.24) is 4.57 Å². The van der Waals surface area contributed by atoms with Crippen LogP contribution in [-0.2, 0) is 9.31 Å². The molecule has 2 aromatic carbocycles. The van der Waals surface area contributed by atoms with Crippen molar-refractivity contribution in [3.05, 3.63) is 65.5 Å². The van der Waals surface area contributed by atoms with Gasteiger partial charge in [0.05, 0.1) is 16.7 Å². The summed E-state index contributed by atoms with van der Waals surface area (Å²) < 4.78 is 29.6. The molecular weight excluding hydrogens is 380 g/mol. The fraction of sp³-hybridized carbons (Fsp3) is 0.333. The molecule has 156 valence electrons. The van der Waals surface area contributed by atoms with Crippen LogP contribution in [0.3, 0.4) is 0 Å². The van der Waals surface area contributed by atoms with Crippen LogP contribution in [0.4, 0.5) is 4.39 Å². The Morgan fingerprint density at radius 2 is 1.60 bits per heavy atom. The number of hydrogen-bond acceptors (Lipinski definition) is 3. The van der Waals surface area contributed by atoms with Gasteiger partial charge in [-0.15, -0.1) is 0 Å². The van der Waals surface area contributed by atoms with E-state index in [-0.39, 0.29) is 5.75 Å². The molecular formula is C24H27BFNO3. The summed E-state index contributed by atoms with van der Waals surface area (Å²) in [6, 6.07) is 15.1. The highest BCUT2D eigenvalue weighted by Gasteiger charge is 2.53. The van der Waals surface area contributed by atoms with E-state index in [4.69, 9.17) is 9.31 Å². The van der Waals surface area contributed by atoms with Crippen molar-refractivity contribution in [2.24, 2.45) is 0 Å². The molecule has 0 unspecified atom stereocenters. The molecule has 1 N–H and O–H groups in total. The fourth-order valence-electron chi connectivity index (χ4n) is 4.03. The number of fused-ring (bicyclic) bond motifs is 1. The quantitative estimate of drug-likeness (QED) is 0.544. The second-order valence-corrected chi connectivity index (χ2v) is 8.89. The molecule has 0 atom stereocenters. The summed E-state index contributed by atoms with van der Waals surface area (Å²) in [6.45, 7) is 11.3. The lowest BCUT2D eigenvalue weighted by atomic mass is 9.82. The average Bonchev–Trinajstić information content (AvgIpc) is 3.09. The number of phenols is 1. The van der Waals surface area contributed by atoms with Crippen LogP contribution in [0.1, 0.15) is 45.9 Å². The predicted octanol–water partition coefficient (Wildman–Crippen LogP) is 5.98. The maximum Gasteiger partial charge on any atom is 0.525 e. The number of para-hydroxylation sites is 1. The van der Waals surface area contributed by atoms with Crippen molar-refractivity contribution in [2.75, 3.05) is 0 Å². The van der Waals surface area contributed by atoms with Gasteiger partial charge in [0.2, 0.25) is 0 Å². The number of nitrogens with zero attached hydrogens (tertiary/aromatic N) is 1. The molecule has 1 fully saturated rings. The minimum Gasteiger partial charge on any atom is -0.508 e. The summed E-state index contributed by atoms with van der Waals surface area (Å²) in [5.74, 6) is 0.137. The SMILES string of the molecule is CC(=C(F)B1OC(C)(C)C(C)(C)O1)c1c(C)n(-c2ccccc2)c2ccc(O)cc12. The smallest absolute Gasteiger partial charge is 0.508 e. The lowest BCUT2D eigenvalue weighted by Crippen LogP contribution is -2.41. The van der Waals surface area contributed by atoms with Gasteiger partial charge in [-0.1, -0.05) is 18.2 Å². The molecule has 2 heterocycles. The minimum atomic E-state index is -1.07. The summed E-state index contributed by atoms with van der Waals surface area (Å²) in [5.41, 5.74) is 2.22. The number of halogens is 1. The van der Waals surface area contributed by atoms with Crippen LogP contribution in [-0.4, -0.2) is 28.0 Å². The van der Waals surface area contributed by atoms with Gasteiger partial charge in [-0.2, -0.15) is 0 Å². The molecule has 1 aromatic heterocycles. The van der Waals surface area contributed by atoms with Gasteiger partial charge in [-0.3, -0.25) is 0 Å². The summed E-state index contributed by atoms with van der Waals surface area (Å²) in [4.78, 5) is 0. The third-order valence-electron chi connectivity index (χ3n) is 6.40. The van der Waals surface area contributed by atoms with E-state index in [1.807, 2.05) is 71.0 Å². The van der Waals surface area contributed by atoms with Gasteiger partial charge in [-0.05, 0) is 77.4 Å². The highest BCUT2D eigenvalue weighted by atomic mass is 19.1. The van der Waals surface area contributed by atoms with Crippen LogP contribution in [0.15, 0.2) is 54.3 Å². The average molecular weight is 407 g/mol. The van der Waals surface area contributed by atoms with Crippen molar-refractivity contribution in [1.29, 1.82) is 0 Å². The van der Waals surface area contributed by atoms with E-state index >= 15 is 4.39 Å². The molecule has 30 heavy (non-hydrogen) atoms. The van der Waals surface area contributed by atoms with Crippen LogP contribution in [0.2, 0.25) is 0 Å². The lowest BCUT2D eigenvalue weighted by molar-refractivity contribution is 0.00578. The molecule has 4 nitrogen and oxygen atoms in total. The van der Waals surface area contributed by atoms with Crippen LogP contribution in [0, 0.1) is 6.92 Å². The molecule has 0 radical (unpaired) electrons. The van der Waals surface area contributed by atoms with Gasteiger partial charge in [0.1, 0.15) is 11.5 Å². The standard InChI is InChI=1S/C24H27BFNO3/c1-15(22(26)25-29-23(3,4)24(5,6)30-25)21-16(2)27(17-10-8-7-9-11-17)20-13-12-18(28)14-19(20)21/h7-14,28H,1-6H3. The predicted molar refractivity (Wildman–Crippen MR) is 119 cm³/mol. The number of aromatic nitrogens is 1. The molecule has 1 aliphatic rings. The largest absolute Gasteiger partial charge is 0.525 e. The maximum absolute atomic E-state index is 15.7. The number of aromatic hydroxyl groups is 1. The van der Waals surface area contributed by atoms with Crippen LogP contribution in [0.25, 0.3) is 22.2 Å². The first-order chi connectivity index (χ1) is 14.0. The minimum absolute atomic E-state index is 0.137. The Labute approximate surface area is 177 Å². The van der Waals surface area contributed by atoms with Gasteiger partial charge in [-0.25, -0.2) is 4.39 Å². The zero-order chi connectivity index (χ0) is 21.8. The Morgan fingerprint density at radius 1 is 1.00 bits per heavy atom. The van der Waals surface area contributed by atoms with E-state index in [9.17, 15) is 5.11 Å². The van der Waals surface area contributed by atoms with Gasteiger partial charge in [0.25, 0.3) is 0 Å². The lowest BCUT2D eigenvalue weighted by Gasteiger charge is -2.32. The molecule has 1 aliphatic heterocycles. The Kier molecular flexibility index (Phi) is 4.83. The number of hydrogen-bond donors (Lipinski definition) is 1. The van der Waals surface area contributed by atoms with E-state index in [0.717, 1.165) is 27.8 Å². The van der Waals surface area contributed by atoms with Crippen molar-refractivity contribution < 1.29 is 18.8 Å². The third-order valence-corrected chi connectivity index (χ3v) is 6.40. The van der Waals surface area contributed by atoms with Crippen LogP contribution >= 0.6 is 0 Å². The molecule has 4 rings (SSSR count). The zero-order valence-corrected chi connectivity index (χ0v) is 18.3. The summed E-state index contributed by atoms with van der Waals surface area (Å²) >= 11 is 0. The Balaban J connectivity index is 1.92. The Morgan fingerprint density at radius 3 is 2.20 bits per heavy atom. The second-order valence-electron chi connectivity index (χ2n) is 8.89. The van der Waals surface area contributed by atoms with Crippen molar-refractivity contribution >= 4 is 23.6 Å². The van der Waals surface area contributed by atoms with Gasteiger partial charge in [0.15, 0.2) is 0 Å². The second kappa shape index (κ2) is 7.00. The normalized spacial score (nSPS) is 18.7. The van der Waals surface area contributed by atoms with Gasteiger partial charge in [0, 0.05) is 22.3 Å². The molecule has 3 aromatic rings. The number of rotatable bonds is 3. The van der Waals surface area contributed by atoms with Crippen molar-refractivity contribution in [3.63, 3.8) is 0 Å². The topological polar surface area (TPSA) is 43.6 Å². The van der Waals surface area contributed by atoms with Crippen molar-refractivity contribution in [2.45, 2.75) is 52.7 Å². The first kappa shape index (κ1) is 20.7. The van der Waals surface area contributed by atoms with Crippen LogP contribution in [0.5, 0.6) is 5.75 Å². The number of benzene rings is 2.